The number of pyridine rings is 1. The zero-order valence-electron chi connectivity index (χ0n) is 12.9. The first kappa shape index (κ1) is 18.0. The summed E-state index contributed by atoms with van der Waals surface area (Å²) in [7, 11) is 1.55. The Morgan fingerprint density at radius 2 is 1.79 bits per heavy atom. The minimum absolute atomic E-state index is 0.0900. The number of carbonyl (C=O) groups is 2. The van der Waals surface area contributed by atoms with Gasteiger partial charge in [0.05, 0.1) is 12.1 Å². The first-order chi connectivity index (χ1) is 11.4. The van der Waals surface area contributed by atoms with E-state index in [0.717, 1.165) is 0 Å². The third-order valence-corrected chi connectivity index (χ3v) is 3.53. The molecule has 24 heavy (non-hydrogen) atoms. The molecule has 0 saturated heterocycles. The van der Waals surface area contributed by atoms with Gasteiger partial charge in [0.2, 0.25) is 0 Å². The van der Waals surface area contributed by atoms with Crippen molar-refractivity contribution in [1.29, 1.82) is 0 Å². The van der Waals surface area contributed by atoms with Gasteiger partial charge in [0, 0.05) is 5.69 Å². The van der Waals surface area contributed by atoms with Gasteiger partial charge < -0.3 is 14.8 Å². The molecule has 126 valence electrons. The summed E-state index contributed by atoms with van der Waals surface area (Å²) in [5, 5.41) is 2.81. The number of rotatable bonds is 5. The molecule has 1 amide bonds. The smallest absolute Gasteiger partial charge is 0.359 e. The number of nitrogens with zero attached hydrogens (tertiary/aromatic N) is 1. The number of methoxy groups -OCH3 is 1. The van der Waals surface area contributed by atoms with Crippen LogP contribution in [0.2, 0.25) is 10.2 Å². The molecule has 1 N–H and O–H groups in total. The fourth-order valence-corrected chi connectivity index (χ4v) is 2.08. The number of esters is 1. The summed E-state index contributed by atoms with van der Waals surface area (Å²) in [5.74, 6) is -0.666. The largest absolute Gasteiger partial charge is 0.497 e. The highest BCUT2D eigenvalue weighted by Gasteiger charge is 2.22. The molecule has 6 nitrogen and oxygen atoms in total. The Morgan fingerprint density at radius 1 is 1.12 bits per heavy atom. The Hall–Kier alpha value is -2.31. The van der Waals surface area contributed by atoms with Gasteiger partial charge in [-0.1, -0.05) is 23.2 Å². The average Bonchev–Trinajstić information content (AvgIpc) is 2.57. The molecule has 2 rings (SSSR count). The van der Waals surface area contributed by atoms with E-state index in [0.29, 0.717) is 11.4 Å². The normalized spacial score (nSPS) is 11.5. The van der Waals surface area contributed by atoms with Gasteiger partial charge >= 0.3 is 5.97 Å². The van der Waals surface area contributed by atoms with E-state index in [4.69, 9.17) is 32.7 Å². The van der Waals surface area contributed by atoms with E-state index in [1.54, 1.807) is 31.4 Å². The van der Waals surface area contributed by atoms with Crippen molar-refractivity contribution in [3.63, 3.8) is 0 Å². The van der Waals surface area contributed by atoms with Gasteiger partial charge in [0.25, 0.3) is 5.91 Å². The van der Waals surface area contributed by atoms with Crippen LogP contribution in [-0.2, 0) is 9.53 Å². The summed E-state index contributed by atoms with van der Waals surface area (Å²) in [5.41, 5.74) is 0.399. The van der Waals surface area contributed by atoms with E-state index >= 15 is 0 Å². The molecule has 0 spiro atoms. The van der Waals surface area contributed by atoms with Crippen molar-refractivity contribution >= 4 is 40.8 Å². The number of benzene rings is 1. The van der Waals surface area contributed by atoms with Gasteiger partial charge in [0.15, 0.2) is 11.8 Å². The number of carbonyl (C=O) groups excluding carboxylic acids is 2. The number of halogens is 2. The zero-order chi connectivity index (χ0) is 17.7. The second-order valence-electron chi connectivity index (χ2n) is 4.73. The Kier molecular flexibility index (Phi) is 6.00. The molecule has 0 fully saturated rings. The van der Waals surface area contributed by atoms with Crippen LogP contribution in [0.4, 0.5) is 5.69 Å². The fraction of sp³-hybridized carbons (Fsp3) is 0.188. The predicted molar refractivity (Wildman–Crippen MR) is 90.8 cm³/mol. The van der Waals surface area contributed by atoms with E-state index < -0.39 is 18.0 Å². The van der Waals surface area contributed by atoms with Crippen LogP contribution in [0.15, 0.2) is 36.4 Å². The molecule has 1 atom stereocenters. The van der Waals surface area contributed by atoms with Gasteiger partial charge in [-0.3, -0.25) is 4.79 Å². The lowest BCUT2D eigenvalue weighted by atomic mass is 10.3. The van der Waals surface area contributed by atoms with E-state index in [-0.39, 0.29) is 15.9 Å². The van der Waals surface area contributed by atoms with E-state index in [2.05, 4.69) is 10.3 Å². The average molecular weight is 369 g/mol. The molecular weight excluding hydrogens is 355 g/mol. The van der Waals surface area contributed by atoms with Crippen molar-refractivity contribution in [2.45, 2.75) is 13.0 Å². The standard InChI is InChI=1S/C16H14Cl2N2O4/c1-9(15(21)19-10-3-5-11(23-2)6-4-10)24-16(22)14-12(17)7-8-13(18)20-14/h3-9H,1-2H3,(H,19,21). The molecule has 0 bridgehead atoms. The minimum Gasteiger partial charge on any atom is -0.497 e. The maximum atomic E-state index is 12.1. The maximum absolute atomic E-state index is 12.1. The SMILES string of the molecule is COc1ccc(NC(=O)C(C)OC(=O)c2nc(Cl)ccc2Cl)cc1. The van der Waals surface area contributed by atoms with Crippen LogP contribution in [0, 0.1) is 0 Å². The fourth-order valence-electron chi connectivity index (χ4n) is 1.75. The van der Waals surface area contributed by atoms with Crippen molar-refractivity contribution < 1.29 is 19.1 Å². The predicted octanol–water partition coefficient (Wildman–Crippen LogP) is 3.58. The summed E-state index contributed by atoms with van der Waals surface area (Å²) in [4.78, 5) is 27.9. The summed E-state index contributed by atoms with van der Waals surface area (Å²) in [6.07, 6.45) is -1.04. The monoisotopic (exact) mass is 368 g/mol. The summed E-state index contributed by atoms with van der Waals surface area (Å²) in [6, 6.07) is 9.60. The Labute approximate surface area is 148 Å². The van der Waals surface area contributed by atoms with Crippen molar-refractivity contribution in [2.24, 2.45) is 0 Å². The van der Waals surface area contributed by atoms with Crippen LogP contribution in [0.25, 0.3) is 0 Å². The first-order valence-corrected chi connectivity index (χ1v) is 7.64. The van der Waals surface area contributed by atoms with Crippen LogP contribution >= 0.6 is 23.2 Å². The Balaban J connectivity index is 2.00. The number of ether oxygens (including phenoxy) is 2. The summed E-state index contributed by atoms with van der Waals surface area (Å²) in [6.45, 7) is 1.44. The number of hydrogen-bond donors (Lipinski definition) is 1. The molecule has 0 saturated carbocycles. The molecule has 0 aliphatic carbocycles. The van der Waals surface area contributed by atoms with Crippen molar-refractivity contribution in [3.8, 4) is 5.75 Å². The van der Waals surface area contributed by atoms with Crippen LogP contribution in [-0.4, -0.2) is 30.1 Å². The van der Waals surface area contributed by atoms with Gasteiger partial charge in [0.1, 0.15) is 10.9 Å². The third kappa shape index (κ3) is 4.59. The topological polar surface area (TPSA) is 77.5 Å². The minimum atomic E-state index is -1.04. The number of anilines is 1. The molecule has 1 aromatic carbocycles. The van der Waals surface area contributed by atoms with Crippen molar-refractivity contribution in [2.75, 3.05) is 12.4 Å². The summed E-state index contributed by atoms with van der Waals surface area (Å²) < 4.78 is 10.1. The van der Waals surface area contributed by atoms with Crippen LogP contribution in [0.1, 0.15) is 17.4 Å². The number of nitrogens with one attached hydrogen (secondary N) is 1. The molecule has 8 heteroatoms. The second kappa shape index (κ2) is 7.99. The molecule has 1 heterocycles. The zero-order valence-corrected chi connectivity index (χ0v) is 14.4. The van der Waals surface area contributed by atoms with Crippen LogP contribution < -0.4 is 10.1 Å². The quantitative estimate of drug-likeness (QED) is 0.644. The third-order valence-electron chi connectivity index (χ3n) is 3.02. The second-order valence-corrected chi connectivity index (χ2v) is 5.52. The highest BCUT2D eigenvalue weighted by molar-refractivity contribution is 6.34. The molecule has 1 aromatic heterocycles. The Morgan fingerprint density at radius 3 is 2.42 bits per heavy atom. The number of amides is 1. The Bertz CT molecular complexity index is 750. The highest BCUT2D eigenvalue weighted by atomic mass is 35.5. The molecule has 0 aliphatic heterocycles. The van der Waals surface area contributed by atoms with Crippen LogP contribution in [0.3, 0.4) is 0 Å². The van der Waals surface area contributed by atoms with Crippen molar-refractivity contribution in [3.05, 3.63) is 52.3 Å². The highest BCUT2D eigenvalue weighted by Crippen LogP contribution is 2.19. The van der Waals surface area contributed by atoms with E-state index in [9.17, 15) is 9.59 Å². The lowest BCUT2D eigenvalue weighted by Crippen LogP contribution is -2.30. The molecule has 1 unspecified atom stereocenters. The number of hydrogen-bond acceptors (Lipinski definition) is 5. The lowest BCUT2D eigenvalue weighted by molar-refractivity contribution is -0.123. The van der Waals surface area contributed by atoms with Gasteiger partial charge in [-0.2, -0.15) is 0 Å². The molecule has 0 radical (unpaired) electrons. The van der Waals surface area contributed by atoms with E-state index in [1.807, 2.05) is 0 Å². The van der Waals surface area contributed by atoms with Crippen molar-refractivity contribution in [1.82, 2.24) is 4.98 Å². The van der Waals surface area contributed by atoms with Gasteiger partial charge in [-0.15, -0.1) is 0 Å². The lowest BCUT2D eigenvalue weighted by Gasteiger charge is -2.14. The van der Waals surface area contributed by atoms with E-state index in [1.165, 1.54) is 19.1 Å². The molecule has 0 aliphatic rings. The summed E-state index contributed by atoms with van der Waals surface area (Å²) >= 11 is 11.6. The number of aromatic nitrogens is 1. The maximum Gasteiger partial charge on any atom is 0.359 e. The first-order valence-electron chi connectivity index (χ1n) is 6.88. The molecular formula is C16H14Cl2N2O4. The molecule has 2 aromatic rings. The van der Waals surface area contributed by atoms with Crippen LogP contribution in [0.5, 0.6) is 5.75 Å². The van der Waals surface area contributed by atoms with Gasteiger partial charge in [-0.05, 0) is 43.3 Å². The van der Waals surface area contributed by atoms with Gasteiger partial charge in [-0.25, -0.2) is 9.78 Å².